The molecule has 1 heterocycles. The Morgan fingerprint density at radius 3 is 2.61 bits per heavy atom. The number of amides is 1. The number of hydrogen-bond donors (Lipinski definition) is 3. The summed E-state index contributed by atoms with van der Waals surface area (Å²) in [6.07, 6.45) is -5.16. The third-order valence-electron chi connectivity index (χ3n) is 5.39. The molecule has 0 fully saturated rings. The first-order valence-electron chi connectivity index (χ1n) is 8.33. The number of ketones is 1. The summed E-state index contributed by atoms with van der Waals surface area (Å²) in [6, 6.07) is 6.94. The lowest BCUT2D eigenvalue weighted by Crippen LogP contribution is -2.51. The minimum atomic E-state index is -4.64. The van der Waals surface area contributed by atoms with Gasteiger partial charge in [-0.1, -0.05) is 18.2 Å². The molecule has 28 heavy (non-hydrogen) atoms. The van der Waals surface area contributed by atoms with Crippen molar-refractivity contribution in [2.24, 2.45) is 0 Å². The Labute approximate surface area is 157 Å². The highest BCUT2D eigenvalue weighted by Crippen LogP contribution is 2.62. The molecule has 0 spiro atoms. The van der Waals surface area contributed by atoms with E-state index in [-0.39, 0.29) is 28.1 Å². The fraction of sp³-hybridized carbons (Fsp3) is 0.263. The maximum absolute atomic E-state index is 13.4. The number of rotatable bonds is 2. The van der Waals surface area contributed by atoms with Crippen LogP contribution in [0, 0.1) is 0 Å². The SMILES string of the molecule is CNC(=O)CC12C(=O)c3c(N)cccc3C1(O)Oc1cc(C(F)(F)F)ccc12. The average molecular weight is 392 g/mol. The predicted octanol–water partition coefficient (Wildman–Crippen LogP) is 2.10. The molecule has 1 aliphatic heterocycles. The van der Waals surface area contributed by atoms with E-state index >= 15 is 0 Å². The second kappa shape index (κ2) is 5.48. The molecular weight excluding hydrogens is 377 g/mol. The standard InChI is InChI=1S/C19H15F3N2O4/c1-24-14(25)8-17-10-6-5-9(19(20,21)22)7-13(10)28-18(17,27)11-3-2-4-12(23)15(11)16(17)26/h2-7,27H,8,23H2,1H3,(H,24,25). The van der Waals surface area contributed by atoms with E-state index in [4.69, 9.17) is 10.5 Å². The van der Waals surface area contributed by atoms with Gasteiger partial charge in [0.05, 0.1) is 17.5 Å². The Morgan fingerprint density at radius 1 is 1.25 bits per heavy atom. The quantitative estimate of drug-likeness (QED) is 0.680. The van der Waals surface area contributed by atoms with Crippen molar-refractivity contribution in [1.29, 1.82) is 0 Å². The molecule has 2 unspecified atom stereocenters. The number of halogens is 3. The van der Waals surface area contributed by atoms with Gasteiger partial charge in [-0.15, -0.1) is 0 Å². The van der Waals surface area contributed by atoms with Crippen LogP contribution >= 0.6 is 0 Å². The lowest BCUT2D eigenvalue weighted by atomic mass is 9.71. The topological polar surface area (TPSA) is 102 Å². The third kappa shape index (κ3) is 2.07. The Bertz CT molecular complexity index is 1040. The van der Waals surface area contributed by atoms with Crippen molar-refractivity contribution in [2.45, 2.75) is 23.8 Å². The van der Waals surface area contributed by atoms with Gasteiger partial charge in [0.25, 0.3) is 5.79 Å². The van der Waals surface area contributed by atoms with Crippen molar-refractivity contribution in [2.75, 3.05) is 12.8 Å². The summed E-state index contributed by atoms with van der Waals surface area (Å²) in [5.74, 6) is -3.92. The molecule has 1 aliphatic carbocycles. The summed E-state index contributed by atoms with van der Waals surface area (Å²) in [5.41, 5.74) is 3.08. The van der Waals surface area contributed by atoms with Crippen LogP contribution in [0.5, 0.6) is 5.75 Å². The van der Waals surface area contributed by atoms with Crippen molar-refractivity contribution in [3.05, 3.63) is 58.7 Å². The van der Waals surface area contributed by atoms with E-state index in [9.17, 15) is 27.9 Å². The Hall–Kier alpha value is -3.07. The molecule has 0 saturated heterocycles. The van der Waals surface area contributed by atoms with Gasteiger partial charge in [-0.2, -0.15) is 13.2 Å². The Kier molecular flexibility index (Phi) is 3.58. The summed E-state index contributed by atoms with van der Waals surface area (Å²) in [7, 11) is 1.35. The van der Waals surface area contributed by atoms with Gasteiger partial charge in [0.2, 0.25) is 5.91 Å². The van der Waals surface area contributed by atoms with Gasteiger partial charge in [-0.3, -0.25) is 9.59 Å². The summed E-state index contributed by atoms with van der Waals surface area (Å²) < 4.78 is 44.9. The van der Waals surface area contributed by atoms with Crippen LogP contribution in [-0.2, 0) is 22.2 Å². The second-order valence-corrected chi connectivity index (χ2v) is 6.81. The molecule has 2 aromatic carbocycles. The molecule has 2 aromatic rings. The molecular formula is C19H15F3N2O4. The molecule has 0 bridgehead atoms. The van der Waals surface area contributed by atoms with Crippen molar-refractivity contribution >= 4 is 17.4 Å². The molecule has 4 N–H and O–H groups in total. The van der Waals surface area contributed by atoms with Crippen LogP contribution in [0.2, 0.25) is 0 Å². The lowest BCUT2D eigenvalue weighted by Gasteiger charge is -2.33. The number of nitrogens with one attached hydrogen (secondary N) is 1. The van der Waals surface area contributed by atoms with Gasteiger partial charge in [-0.05, 0) is 18.2 Å². The van der Waals surface area contributed by atoms with E-state index in [1.165, 1.54) is 25.2 Å². The van der Waals surface area contributed by atoms with Gasteiger partial charge in [0.15, 0.2) is 5.78 Å². The number of alkyl halides is 3. The number of benzene rings is 2. The smallest absolute Gasteiger partial charge is 0.416 e. The van der Waals surface area contributed by atoms with Crippen LogP contribution in [-0.4, -0.2) is 23.8 Å². The molecule has 9 heteroatoms. The molecule has 146 valence electrons. The van der Waals surface area contributed by atoms with Crippen molar-refractivity contribution in [3.8, 4) is 5.75 Å². The number of anilines is 1. The summed E-state index contributed by atoms with van der Waals surface area (Å²) in [6.45, 7) is 0. The van der Waals surface area contributed by atoms with E-state index in [0.717, 1.165) is 18.2 Å². The summed E-state index contributed by atoms with van der Waals surface area (Å²) in [4.78, 5) is 25.6. The maximum Gasteiger partial charge on any atom is 0.416 e. The number of hydrogen-bond acceptors (Lipinski definition) is 5. The van der Waals surface area contributed by atoms with Crippen LogP contribution in [0.25, 0.3) is 0 Å². The van der Waals surface area contributed by atoms with E-state index in [2.05, 4.69) is 5.32 Å². The minimum absolute atomic E-state index is 0.000508. The normalized spacial score (nSPS) is 25.0. The number of carbonyl (C=O) groups excluding carboxylic acids is 2. The monoisotopic (exact) mass is 392 g/mol. The lowest BCUT2D eigenvalue weighted by molar-refractivity contribution is -0.169. The molecule has 4 rings (SSSR count). The average Bonchev–Trinajstić information content (AvgIpc) is 2.98. The van der Waals surface area contributed by atoms with Crippen LogP contribution in [0.4, 0.5) is 18.9 Å². The molecule has 0 aromatic heterocycles. The third-order valence-corrected chi connectivity index (χ3v) is 5.39. The van der Waals surface area contributed by atoms with Crippen LogP contribution < -0.4 is 15.8 Å². The number of aliphatic hydroxyl groups is 1. The highest BCUT2D eigenvalue weighted by Gasteiger charge is 2.71. The highest BCUT2D eigenvalue weighted by atomic mass is 19.4. The highest BCUT2D eigenvalue weighted by molar-refractivity contribution is 6.15. The van der Waals surface area contributed by atoms with E-state index in [0.29, 0.717) is 0 Å². The second-order valence-electron chi connectivity index (χ2n) is 6.81. The Morgan fingerprint density at radius 2 is 1.96 bits per heavy atom. The van der Waals surface area contributed by atoms with Crippen molar-refractivity contribution in [3.63, 3.8) is 0 Å². The zero-order chi connectivity index (χ0) is 20.5. The molecule has 2 atom stereocenters. The number of fused-ring (bicyclic) bond motifs is 5. The van der Waals surface area contributed by atoms with Crippen LogP contribution in [0.15, 0.2) is 36.4 Å². The maximum atomic E-state index is 13.4. The molecule has 0 radical (unpaired) electrons. The number of Topliss-reactive ketones (excluding diaryl/α,β-unsaturated/α-hetero) is 1. The number of nitrogen functional groups attached to an aromatic ring is 1. The van der Waals surface area contributed by atoms with Crippen molar-refractivity contribution in [1.82, 2.24) is 5.32 Å². The summed E-state index contributed by atoms with van der Waals surface area (Å²) >= 11 is 0. The number of nitrogens with two attached hydrogens (primary N) is 1. The molecule has 0 saturated carbocycles. The minimum Gasteiger partial charge on any atom is -0.456 e. The zero-order valence-electron chi connectivity index (χ0n) is 14.6. The van der Waals surface area contributed by atoms with Gasteiger partial charge >= 0.3 is 6.18 Å². The fourth-order valence-corrected chi connectivity index (χ4v) is 4.07. The van der Waals surface area contributed by atoms with Gasteiger partial charge in [-0.25, -0.2) is 0 Å². The molecule has 2 aliphatic rings. The zero-order valence-corrected chi connectivity index (χ0v) is 14.6. The van der Waals surface area contributed by atoms with E-state index < -0.39 is 41.1 Å². The van der Waals surface area contributed by atoms with E-state index in [1.807, 2.05) is 0 Å². The number of carbonyl (C=O) groups is 2. The molecule has 1 amide bonds. The first-order chi connectivity index (χ1) is 13.1. The van der Waals surface area contributed by atoms with Gasteiger partial charge in [0, 0.05) is 23.9 Å². The predicted molar refractivity (Wildman–Crippen MR) is 91.5 cm³/mol. The van der Waals surface area contributed by atoms with Crippen molar-refractivity contribution < 1.29 is 32.6 Å². The van der Waals surface area contributed by atoms with Crippen LogP contribution in [0.3, 0.4) is 0 Å². The number of ether oxygens (including phenoxy) is 1. The van der Waals surface area contributed by atoms with E-state index in [1.54, 1.807) is 0 Å². The van der Waals surface area contributed by atoms with Gasteiger partial charge < -0.3 is 20.9 Å². The first-order valence-corrected chi connectivity index (χ1v) is 8.33. The fourth-order valence-electron chi connectivity index (χ4n) is 4.07. The largest absolute Gasteiger partial charge is 0.456 e. The summed E-state index contributed by atoms with van der Waals surface area (Å²) in [5, 5.41) is 13.8. The first kappa shape index (κ1) is 18.3. The van der Waals surface area contributed by atoms with Gasteiger partial charge in [0.1, 0.15) is 11.2 Å². The Balaban J connectivity index is 2.01. The molecule has 6 nitrogen and oxygen atoms in total. The van der Waals surface area contributed by atoms with Crippen LogP contribution in [0.1, 0.15) is 33.5 Å².